The lowest BCUT2D eigenvalue weighted by atomic mass is 9.97. The van der Waals surface area contributed by atoms with E-state index in [9.17, 15) is 0 Å². The van der Waals surface area contributed by atoms with Gasteiger partial charge in [0, 0.05) is 18.7 Å². The van der Waals surface area contributed by atoms with Gasteiger partial charge in [-0.2, -0.15) is 0 Å². The van der Waals surface area contributed by atoms with Gasteiger partial charge >= 0.3 is 0 Å². The minimum absolute atomic E-state index is 0.338. The quantitative estimate of drug-likeness (QED) is 0.800. The third kappa shape index (κ3) is 3.33. The monoisotopic (exact) mass is 229 g/mol. The highest BCUT2D eigenvalue weighted by atomic mass is 16.3. The maximum Gasteiger partial charge on any atom is 0.0460 e. The molecule has 0 spiro atoms. The molecule has 0 aromatic heterocycles. The van der Waals surface area contributed by atoms with Crippen molar-refractivity contribution in [3.8, 4) is 12.3 Å². The Bertz CT molecular complexity index is 382. The van der Waals surface area contributed by atoms with Crippen LogP contribution >= 0.6 is 0 Å². The molecule has 2 heteroatoms. The molecule has 0 amide bonds. The van der Waals surface area contributed by atoms with Gasteiger partial charge in [-0.1, -0.05) is 18.1 Å². The highest BCUT2D eigenvalue weighted by molar-refractivity contribution is 5.34. The van der Waals surface area contributed by atoms with Crippen LogP contribution in [0.2, 0.25) is 0 Å². The van der Waals surface area contributed by atoms with Gasteiger partial charge in [-0.3, -0.25) is 4.90 Å². The van der Waals surface area contributed by atoms with E-state index in [1.807, 2.05) is 12.1 Å². The van der Waals surface area contributed by atoms with E-state index in [1.165, 1.54) is 5.56 Å². The first-order valence-corrected chi connectivity index (χ1v) is 6.20. The predicted molar refractivity (Wildman–Crippen MR) is 69.5 cm³/mol. The van der Waals surface area contributed by atoms with Gasteiger partial charge in [-0.05, 0) is 49.5 Å². The Labute approximate surface area is 103 Å². The standard InChI is InChI=1S/C15H19NO/c1-2-13-3-5-14(6-4-13)11-16-9-7-15(12-17)8-10-16/h1,3-6,15,17H,7-12H2. The fourth-order valence-electron chi connectivity index (χ4n) is 2.29. The average molecular weight is 229 g/mol. The smallest absolute Gasteiger partial charge is 0.0460 e. The summed E-state index contributed by atoms with van der Waals surface area (Å²) < 4.78 is 0. The number of piperidine rings is 1. The molecule has 1 N–H and O–H groups in total. The largest absolute Gasteiger partial charge is 0.396 e. The molecular formula is C15H19NO. The lowest BCUT2D eigenvalue weighted by Gasteiger charge is -2.31. The molecule has 2 nitrogen and oxygen atoms in total. The third-order valence-corrected chi connectivity index (χ3v) is 3.49. The van der Waals surface area contributed by atoms with E-state index >= 15 is 0 Å². The van der Waals surface area contributed by atoms with Crippen LogP contribution in [0, 0.1) is 18.3 Å². The number of benzene rings is 1. The van der Waals surface area contributed by atoms with Crippen LogP contribution in [0.15, 0.2) is 24.3 Å². The first-order valence-electron chi connectivity index (χ1n) is 6.20. The molecule has 1 aromatic rings. The molecular weight excluding hydrogens is 210 g/mol. The van der Waals surface area contributed by atoms with Gasteiger partial charge in [-0.15, -0.1) is 6.42 Å². The summed E-state index contributed by atoms with van der Waals surface area (Å²) in [5, 5.41) is 9.09. The van der Waals surface area contributed by atoms with Crippen molar-refractivity contribution in [2.24, 2.45) is 5.92 Å². The van der Waals surface area contributed by atoms with Gasteiger partial charge in [0.15, 0.2) is 0 Å². The lowest BCUT2D eigenvalue weighted by Crippen LogP contribution is -2.34. The van der Waals surface area contributed by atoms with Crippen LogP contribution in [0.5, 0.6) is 0 Å². The minimum Gasteiger partial charge on any atom is -0.396 e. The Kier molecular flexibility index (Phi) is 4.19. The normalized spacial score (nSPS) is 17.9. The molecule has 0 atom stereocenters. The molecule has 0 saturated carbocycles. The van der Waals surface area contributed by atoms with Crippen LogP contribution in [0.1, 0.15) is 24.0 Å². The number of aliphatic hydroxyl groups is 1. The van der Waals surface area contributed by atoms with Crippen molar-refractivity contribution in [2.75, 3.05) is 19.7 Å². The van der Waals surface area contributed by atoms with Crippen molar-refractivity contribution in [3.05, 3.63) is 35.4 Å². The van der Waals surface area contributed by atoms with E-state index in [1.54, 1.807) is 0 Å². The first-order chi connectivity index (χ1) is 8.31. The zero-order valence-electron chi connectivity index (χ0n) is 10.1. The van der Waals surface area contributed by atoms with Gasteiger partial charge in [0.2, 0.25) is 0 Å². The van der Waals surface area contributed by atoms with Crippen LogP contribution in [-0.2, 0) is 6.54 Å². The van der Waals surface area contributed by atoms with Gasteiger partial charge in [-0.25, -0.2) is 0 Å². The van der Waals surface area contributed by atoms with Crippen molar-refractivity contribution in [2.45, 2.75) is 19.4 Å². The number of rotatable bonds is 3. The number of likely N-dealkylation sites (tertiary alicyclic amines) is 1. The van der Waals surface area contributed by atoms with Crippen LogP contribution in [0.25, 0.3) is 0 Å². The Morgan fingerprint density at radius 3 is 2.41 bits per heavy atom. The number of nitrogens with zero attached hydrogens (tertiary/aromatic N) is 1. The molecule has 1 heterocycles. The van der Waals surface area contributed by atoms with Crippen LogP contribution < -0.4 is 0 Å². The second kappa shape index (κ2) is 5.86. The topological polar surface area (TPSA) is 23.5 Å². The summed E-state index contributed by atoms with van der Waals surface area (Å²) in [6.45, 7) is 3.50. The summed E-state index contributed by atoms with van der Waals surface area (Å²) in [5.41, 5.74) is 2.25. The van der Waals surface area contributed by atoms with Crippen molar-refractivity contribution < 1.29 is 5.11 Å². The summed E-state index contributed by atoms with van der Waals surface area (Å²) in [5.74, 6) is 3.14. The van der Waals surface area contributed by atoms with Crippen LogP contribution in [0.3, 0.4) is 0 Å². The van der Waals surface area contributed by atoms with E-state index in [0.717, 1.165) is 38.0 Å². The maximum atomic E-state index is 9.09. The second-order valence-electron chi connectivity index (χ2n) is 4.74. The van der Waals surface area contributed by atoms with Crippen molar-refractivity contribution in [3.63, 3.8) is 0 Å². The Hall–Kier alpha value is -1.30. The van der Waals surface area contributed by atoms with E-state index in [-0.39, 0.29) is 0 Å². The van der Waals surface area contributed by atoms with E-state index < -0.39 is 0 Å². The van der Waals surface area contributed by atoms with Gasteiger partial charge in [0.1, 0.15) is 0 Å². The molecule has 1 fully saturated rings. The molecule has 0 radical (unpaired) electrons. The van der Waals surface area contributed by atoms with Crippen molar-refractivity contribution >= 4 is 0 Å². The molecule has 1 aliphatic rings. The predicted octanol–water partition coefficient (Wildman–Crippen LogP) is 1.87. The molecule has 0 bridgehead atoms. The van der Waals surface area contributed by atoms with Crippen LogP contribution in [0.4, 0.5) is 0 Å². The molecule has 2 rings (SSSR count). The molecule has 1 saturated heterocycles. The number of hydrogen-bond acceptors (Lipinski definition) is 2. The third-order valence-electron chi connectivity index (χ3n) is 3.49. The lowest BCUT2D eigenvalue weighted by molar-refractivity contribution is 0.127. The van der Waals surface area contributed by atoms with Crippen LogP contribution in [-0.4, -0.2) is 29.7 Å². The zero-order chi connectivity index (χ0) is 12.1. The van der Waals surface area contributed by atoms with Gasteiger partial charge in [0.25, 0.3) is 0 Å². The Morgan fingerprint density at radius 2 is 1.88 bits per heavy atom. The SMILES string of the molecule is C#Cc1ccc(CN2CCC(CO)CC2)cc1. The second-order valence-corrected chi connectivity index (χ2v) is 4.74. The fourth-order valence-corrected chi connectivity index (χ4v) is 2.29. The molecule has 17 heavy (non-hydrogen) atoms. The summed E-state index contributed by atoms with van der Waals surface area (Å²) in [4.78, 5) is 2.44. The molecule has 1 aromatic carbocycles. The summed E-state index contributed by atoms with van der Waals surface area (Å²) in [7, 11) is 0. The van der Waals surface area contributed by atoms with Gasteiger partial charge in [0.05, 0.1) is 0 Å². The van der Waals surface area contributed by atoms with E-state index in [4.69, 9.17) is 11.5 Å². The van der Waals surface area contributed by atoms with Crippen molar-refractivity contribution in [1.82, 2.24) is 4.90 Å². The minimum atomic E-state index is 0.338. The molecule has 1 aliphatic heterocycles. The Balaban J connectivity index is 1.87. The molecule has 0 unspecified atom stereocenters. The number of terminal acetylenes is 1. The fraction of sp³-hybridized carbons (Fsp3) is 0.467. The van der Waals surface area contributed by atoms with Gasteiger partial charge < -0.3 is 5.11 Å². The molecule has 0 aliphatic carbocycles. The highest BCUT2D eigenvalue weighted by Crippen LogP contribution is 2.18. The average Bonchev–Trinajstić information content (AvgIpc) is 2.40. The summed E-state index contributed by atoms with van der Waals surface area (Å²) >= 11 is 0. The first kappa shape index (κ1) is 12.2. The number of aliphatic hydroxyl groups excluding tert-OH is 1. The highest BCUT2D eigenvalue weighted by Gasteiger charge is 2.18. The van der Waals surface area contributed by atoms with E-state index in [0.29, 0.717) is 12.5 Å². The zero-order valence-corrected chi connectivity index (χ0v) is 10.1. The summed E-state index contributed by atoms with van der Waals surface area (Å²) in [6, 6.07) is 8.20. The van der Waals surface area contributed by atoms with E-state index in [2.05, 4.69) is 23.0 Å². The van der Waals surface area contributed by atoms with Crippen molar-refractivity contribution in [1.29, 1.82) is 0 Å². The Morgan fingerprint density at radius 1 is 1.24 bits per heavy atom. The summed E-state index contributed by atoms with van der Waals surface area (Å²) in [6.07, 6.45) is 7.55. The molecule has 90 valence electrons. The maximum absolute atomic E-state index is 9.09. The number of hydrogen-bond donors (Lipinski definition) is 1.